The van der Waals surface area contributed by atoms with Gasteiger partial charge in [-0.25, -0.2) is 4.63 Å². The highest BCUT2D eigenvalue weighted by Gasteiger charge is 2.28. The van der Waals surface area contributed by atoms with Gasteiger partial charge in [0, 0.05) is 0 Å². The number of nitrogens with one attached hydrogen (secondary N) is 2. The molecule has 1 unspecified atom stereocenters. The highest BCUT2D eigenvalue weighted by molar-refractivity contribution is 6.05. The van der Waals surface area contributed by atoms with E-state index in [9.17, 15) is 0 Å². The molecule has 1 aliphatic rings. The van der Waals surface area contributed by atoms with Crippen molar-refractivity contribution in [1.29, 1.82) is 0 Å². The SMILES string of the molecule is CC(C)c1ccc(C2Nc3nonc3NC2=NCc2ccccc2)cc1. The highest BCUT2D eigenvalue weighted by atomic mass is 16.6. The second-order valence-electron chi connectivity index (χ2n) is 6.67. The van der Waals surface area contributed by atoms with Gasteiger partial charge in [-0.2, -0.15) is 0 Å². The molecule has 4 rings (SSSR count). The van der Waals surface area contributed by atoms with Gasteiger partial charge >= 0.3 is 0 Å². The van der Waals surface area contributed by atoms with Crippen molar-refractivity contribution >= 4 is 17.5 Å². The van der Waals surface area contributed by atoms with Gasteiger partial charge in [-0.15, -0.1) is 0 Å². The van der Waals surface area contributed by atoms with E-state index in [1.807, 2.05) is 18.2 Å². The minimum Gasteiger partial charge on any atom is -0.350 e. The molecule has 3 aromatic rings. The van der Waals surface area contributed by atoms with Crippen LogP contribution < -0.4 is 10.6 Å². The molecular weight excluding hydrogens is 326 g/mol. The summed E-state index contributed by atoms with van der Waals surface area (Å²) in [5, 5.41) is 14.4. The van der Waals surface area contributed by atoms with E-state index in [2.05, 4.69) is 71.2 Å². The lowest BCUT2D eigenvalue weighted by Crippen LogP contribution is -2.32. The molecule has 1 aliphatic heterocycles. The molecular formula is C20H21N5O. The number of anilines is 2. The first-order valence-electron chi connectivity index (χ1n) is 8.75. The van der Waals surface area contributed by atoms with Crippen molar-refractivity contribution in [3.05, 3.63) is 71.3 Å². The standard InChI is InChI=1S/C20H21N5O/c1-13(2)15-8-10-16(11-9-15)17-18(21-12-14-6-4-3-5-7-14)23-20-19(22-17)24-26-25-20/h3-11,13,17H,12H2,1-2H3,(H,22,24)(H,21,23,25). The zero-order valence-electron chi connectivity index (χ0n) is 14.8. The molecule has 2 N–H and O–H groups in total. The zero-order chi connectivity index (χ0) is 17.9. The minimum absolute atomic E-state index is 0.126. The number of aromatic nitrogens is 2. The van der Waals surface area contributed by atoms with Crippen molar-refractivity contribution in [2.24, 2.45) is 4.99 Å². The third-order valence-corrected chi connectivity index (χ3v) is 4.50. The van der Waals surface area contributed by atoms with Crippen molar-refractivity contribution in [2.45, 2.75) is 32.4 Å². The van der Waals surface area contributed by atoms with Crippen LogP contribution >= 0.6 is 0 Å². The second-order valence-corrected chi connectivity index (χ2v) is 6.67. The average molecular weight is 347 g/mol. The Hall–Kier alpha value is -3.15. The van der Waals surface area contributed by atoms with Gasteiger partial charge in [-0.05, 0) is 32.9 Å². The summed E-state index contributed by atoms with van der Waals surface area (Å²) < 4.78 is 4.83. The van der Waals surface area contributed by atoms with Crippen molar-refractivity contribution in [3.63, 3.8) is 0 Å². The summed E-state index contributed by atoms with van der Waals surface area (Å²) in [5.41, 5.74) is 3.58. The van der Waals surface area contributed by atoms with Crippen LogP contribution in [0.25, 0.3) is 0 Å². The Bertz CT molecular complexity index is 899. The fourth-order valence-electron chi connectivity index (χ4n) is 2.97. The van der Waals surface area contributed by atoms with Crippen LogP contribution in [0.2, 0.25) is 0 Å². The normalized spacial score (nSPS) is 17.7. The Labute approximate surface area is 152 Å². The molecule has 2 heterocycles. The first-order valence-corrected chi connectivity index (χ1v) is 8.75. The molecule has 0 fully saturated rings. The number of aliphatic imine (C=N–C) groups is 1. The van der Waals surface area contributed by atoms with Gasteiger partial charge in [-0.1, -0.05) is 68.4 Å². The molecule has 0 saturated carbocycles. The molecule has 0 aliphatic carbocycles. The fourth-order valence-corrected chi connectivity index (χ4v) is 2.97. The number of hydrogen-bond donors (Lipinski definition) is 2. The lowest BCUT2D eigenvalue weighted by atomic mass is 9.98. The van der Waals surface area contributed by atoms with Crippen LogP contribution in [0.15, 0.2) is 64.2 Å². The average Bonchev–Trinajstić information content (AvgIpc) is 3.14. The van der Waals surface area contributed by atoms with Gasteiger partial charge in [0.05, 0.1) is 6.54 Å². The van der Waals surface area contributed by atoms with E-state index in [1.54, 1.807) is 0 Å². The number of fused-ring (bicyclic) bond motifs is 1. The number of hydrogen-bond acceptors (Lipinski definition) is 5. The van der Waals surface area contributed by atoms with Gasteiger partial charge < -0.3 is 10.6 Å². The van der Waals surface area contributed by atoms with Crippen molar-refractivity contribution in [3.8, 4) is 0 Å². The van der Waals surface area contributed by atoms with E-state index in [4.69, 9.17) is 9.62 Å². The van der Waals surface area contributed by atoms with Crippen LogP contribution in [0.5, 0.6) is 0 Å². The molecule has 0 spiro atoms. The predicted octanol–water partition coefficient (Wildman–Crippen LogP) is 4.37. The van der Waals surface area contributed by atoms with Crippen LogP contribution in [0.3, 0.4) is 0 Å². The highest BCUT2D eigenvalue weighted by Crippen LogP contribution is 2.31. The van der Waals surface area contributed by atoms with Crippen LogP contribution in [0.4, 0.5) is 11.6 Å². The Morgan fingerprint density at radius 1 is 1.00 bits per heavy atom. The smallest absolute Gasteiger partial charge is 0.220 e. The summed E-state index contributed by atoms with van der Waals surface area (Å²) in [5.74, 6) is 2.46. The maximum atomic E-state index is 4.83. The maximum Gasteiger partial charge on any atom is 0.220 e. The summed E-state index contributed by atoms with van der Waals surface area (Å²) in [6, 6.07) is 18.6. The van der Waals surface area contributed by atoms with Crippen LogP contribution in [-0.4, -0.2) is 16.1 Å². The van der Waals surface area contributed by atoms with E-state index in [1.165, 1.54) is 5.56 Å². The Morgan fingerprint density at radius 3 is 2.46 bits per heavy atom. The van der Waals surface area contributed by atoms with Gasteiger partial charge in [0.15, 0.2) is 0 Å². The second kappa shape index (κ2) is 7.00. The third kappa shape index (κ3) is 3.31. The summed E-state index contributed by atoms with van der Waals surface area (Å²) in [7, 11) is 0. The van der Waals surface area contributed by atoms with E-state index in [0.717, 1.165) is 17.0 Å². The van der Waals surface area contributed by atoms with E-state index >= 15 is 0 Å². The van der Waals surface area contributed by atoms with Gasteiger partial charge in [0.2, 0.25) is 11.6 Å². The molecule has 0 bridgehead atoms. The first kappa shape index (κ1) is 16.3. The summed E-state index contributed by atoms with van der Waals surface area (Å²) >= 11 is 0. The molecule has 26 heavy (non-hydrogen) atoms. The zero-order valence-corrected chi connectivity index (χ0v) is 14.8. The van der Waals surface area contributed by atoms with Crippen LogP contribution in [0.1, 0.15) is 42.5 Å². The van der Waals surface area contributed by atoms with Crippen molar-refractivity contribution < 1.29 is 4.63 Å². The topological polar surface area (TPSA) is 75.3 Å². The summed E-state index contributed by atoms with van der Waals surface area (Å²) in [4.78, 5) is 4.78. The van der Waals surface area contributed by atoms with Crippen LogP contribution in [-0.2, 0) is 6.54 Å². The molecule has 2 aromatic carbocycles. The van der Waals surface area contributed by atoms with E-state index in [0.29, 0.717) is 24.1 Å². The van der Waals surface area contributed by atoms with E-state index < -0.39 is 0 Å². The number of amidine groups is 1. The largest absolute Gasteiger partial charge is 0.350 e. The fraction of sp³-hybridized carbons (Fsp3) is 0.250. The minimum atomic E-state index is -0.126. The lowest BCUT2D eigenvalue weighted by Gasteiger charge is -2.26. The molecule has 0 radical (unpaired) electrons. The van der Waals surface area contributed by atoms with E-state index in [-0.39, 0.29) is 6.04 Å². The van der Waals surface area contributed by atoms with Crippen LogP contribution in [0, 0.1) is 0 Å². The van der Waals surface area contributed by atoms with Crippen molar-refractivity contribution in [2.75, 3.05) is 10.6 Å². The molecule has 6 heteroatoms. The lowest BCUT2D eigenvalue weighted by molar-refractivity contribution is 0.310. The number of benzene rings is 2. The molecule has 6 nitrogen and oxygen atoms in total. The quantitative estimate of drug-likeness (QED) is 0.733. The van der Waals surface area contributed by atoms with Gasteiger partial charge in [0.1, 0.15) is 11.9 Å². The molecule has 1 aromatic heterocycles. The molecule has 1 atom stereocenters. The monoisotopic (exact) mass is 347 g/mol. The summed E-state index contributed by atoms with van der Waals surface area (Å²) in [6.07, 6.45) is 0. The Kier molecular flexibility index (Phi) is 4.39. The Morgan fingerprint density at radius 2 is 1.73 bits per heavy atom. The predicted molar refractivity (Wildman–Crippen MR) is 102 cm³/mol. The molecule has 0 amide bonds. The summed E-state index contributed by atoms with van der Waals surface area (Å²) in [6.45, 7) is 4.97. The van der Waals surface area contributed by atoms with Gasteiger partial charge in [-0.3, -0.25) is 4.99 Å². The molecule has 132 valence electrons. The Balaban J connectivity index is 1.65. The first-order chi connectivity index (χ1) is 12.7. The van der Waals surface area contributed by atoms with Gasteiger partial charge in [0.25, 0.3) is 0 Å². The molecule has 0 saturated heterocycles. The number of nitrogens with zero attached hydrogens (tertiary/aromatic N) is 3. The van der Waals surface area contributed by atoms with Crippen molar-refractivity contribution in [1.82, 2.24) is 10.3 Å². The third-order valence-electron chi connectivity index (χ3n) is 4.50. The number of rotatable bonds is 4. The maximum absolute atomic E-state index is 4.83.